The first-order chi connectivity index (χ1) is 11.6. The molecule has 0 saturated heterocycles. The number of aliphatic imine (C=N–C) groups is 1. The molecule has 6 heteroatoms. The van der Waals surface area contributed by atoms with E-state index in [2.05, 4.69) is 59.1 Å². The highest BCUT2D eigenvalue weighted by Gasteiger charge is 2.21. The highest BCUT2D eigenvalue weighted by molar-refractivity contribution is 14.0. The third kappa shape index (κ3) is 7.75. The van der Waals surface area contributed by atoms with Gasteiger partial charge in [0.25, 0.3) is 0 Å². The number of hydrogen-bond donors (Lipinski definition) is 2. The molecule has 0 spiro atoms. The van der Waals surface area contributed by atoms with Crippen molar-refractivity contribution in [3.05, 3.63) is 58.3 Å². The molecule has 1 aromatic carbocycles. The number of benzene rings is 1. The number of thiophene rings is 1. The van der Waals surface area contributed by atoms with Crippen LogP contribution in [0.1, 0.15) is 24.3 Å². The Kier molecular flexibility index (Phi) is 10.1. The topological polar surface area (TPSA) is 45.7 Å². The van der Waals surface area contributed by atoms with Gasteiger partial charge in [-0.25, -0.2) is 0 Å². The van der Waals surface area contributed by atoms with Crippen LogP contribution < -0.4 is 10.6 Å². The lowest BCUT2D eigenvalue weighted by Gasteiger charge is -2.25. The molecule has 0 saturated carbocycles. The van der Waals surface area contributed by atoms with Crippen LogP contribution in [-0.4, -0.2) is 32.7 Å². The number of ether oxygens (including phenoxy) is 1. The van der Waals surface area contributed by atoms with Crippen molar-refractivity contribution < 1.29 is 4.74 Å². The SMILES string of the molecule is CN=C(NCCOCc1ccccc1)NCC(C)(C)c1cccs1.I. The van der Waals surface area contributed by atoms with Gasteiger partial charge in [-0.2, -0.15) is 0 Å². The second-order valence-corrected chi connectivity index (χ2v) is 7.20. The monoisotopic (exact) mass is 473 g/mol. The van der Waals surface area contributed by atoms with Crippen LogP contribution in [0.25, 0.3) is 0 Å². The molecule has 0 atom stereocenters. The second-order valence-electron chi connectivity index (χ2n) is 6.25. The van der Waals surface area contributed by atoms with E-state index < -0.39 is 0 Å². The fraction of sp³-hybridized carbons (Fsp3) is 0.421. The van der Waals surface area contributed by atoms with Gasteiger partial charge in [-0.3, -0.25) is 4.99 Å². The lowest BCUT2D eigenvalue weighted by Crippen LogP contribution is -2.44. The molecule has 0 aliphatic rings. The Bertz CT molecular complexity index is 615. The highest BCUT2D eigenvalue weighted by Crippen LogP contribution is 2.26. The van der Waals surface area contributed by atoms with Crippen LogP contribution in [0.15, 0.2) is 52.8 Å². The second kappa shape index (κ2) is 11.5. The quantitative estimate of drug-likeness (QED) is 0.264. The minimum atomic E-state index is 0. The summed E-state index contributed by atoms with van der Waals surface area (Å²) in [6.07, 6.45) is 0. The van der Waals surface area contributed by atoms with Crippen molar-refractivity contribution in [2.24, 2.45) is 4.99 Å². The standard InChI is InChI=1S/C19H27N3OS.HI/c1-19(2,17-10-7-13-24-17)15-22-18(20-3)21-11-12-23-14-16-8-5-4-6-9-16;/h4-10,13H,11-12,14-15H2,1-3H3,(H2,20,21,22);1H. The van der Waals surface area contributed by atoms with E-state index in [0.29, 0.717) is 13.2 Å². The maximum absolute atomic E-state index is 5.68. The van der Waals surface area contributed by atoms with Crippen LogP contribution in [0.5, 0.6) is 0 Å². The third-order valence-corrected chi connectivity index (χ3v) is 5.00. The summed E-state index contributed by atoms with van der Waals surface area (Å²) in [5, 5.41) is 8.81. The van der Waals surface area contributed by atoms with Gasteiger partial charge in [0, 0.05) is 30.4 Å². The van der Waals surface area contributed by atoms with E-state index in [1.165, 1.54) is 10.4 Å². The average Bonchev–Trinajstić information content (AvgIpc) is 3.14. The van der Waals surface area contributed by atoms with E-state index in [-0.39, 0.29) is 29.4 Å². The maximum Gasteiger partial charge on any atom is 0.191 e. The normalized spacial score (nSPS) is 11.7. The molecule has 2 rings (SSSR count). The Balaban J connectivity index is 0.00000312. The zero-order chi connectivity index (χ0) is 17.3. The number of nitrogens with zero attached hydrogens (tertiary/aromatic N) is 1. The molecule has 0 radical (unpaired) electrons. The van der Waals surface area contributed by atoms with Gasteiger partial charge in [0.05, 0.1) is 13.2 Å². The average molecular weight is 473 g/mol. The minimum absolute atomic E-state index is 0. The third-order valence-electron chi connectivity index (χ3n) is 3.76. The van der Waals surface area contributed by atoms with Crippen LogP contribution in [0.3, 0.4) is 0 Å². The van der Waals surface area contributed by atoms with E-state index >= 15 is 0 Å². The van der Waals surface area contributed by atoms with Crippen LogP contribution in [-0.2, 0) is 16.8 Å². The lowest BCUT2D eigenvalue weighted by molar-refractivity contribution is 0.125. The Hall–Kier alpha value is -1.12. The van der Waals surface area contributed by atoms with Gasteiger partial charge < -0.3 is 15.4 Å². The van der Waals surface area contributed by atoms with Crippen molar-refractivity contribution in [1.82, 2.24) is 10.6 Å². The molecule has 4 nitrogen and oxygen atoms in total. The molecule has 0 unspecified atom stereocenters. The van der Waals surface area contributed by atoms with Gasteiger partial charge in [0.15, 0.2) is 5.96 Å². The summed E-state index contributed by atoms with van der Waals surface area (Å²) < 4.78 is 5.68. The van der Waals surface area contributed by atoms with E-state index in [0.717, 1.165) is 19.0 Å². The summed E-state index contributed by atoms with van der Waals surface area (Å²) >= 11 is 1.79. The van der Waals surface area contributed by atoms with E-state index in [4.69, 9.17) is 4.74 Å². The summed E-state index contributed by atoms with van der Waals surface area (Å²) in [6, 6.07) is 14.5. The first-order valence-corrected chi connectivity index (χ1v) is 9.10. The van der Waals surface area contributed by atoms with Gasteiger partial charge in [-0.05, 0) is 17.0 Å². The van der Waals surface area contributed by atoms with E-state index in [1.54, 1.807) is 18.4 Å². The van der Waals surface area contributed by atoms with E-state index in [1.807, 2.05) is 18.2 Å². The van der Waals surface area contributed by atoms with Crippen LogP contribution in [0.4, 0.5) is 0 Å². The smallest absolute Gasteiger partial charge is 0.191 e. The molecule has 2 N–H and O–H groups in total. The summed E-state index contributed by atoms with van der Waals surface area (Å²) in [4.78, 5) is 5.64. The Morgan fingerprint density at radius 1 is 1.12 bits per heavy atom. The first-order valence-electron chi connectivity index (χ1n) is 8.22. The van der Waals surface area contributed by atoms with Crippen LogP contribution in [0.2, 0.25) is 0 Å². The molecule has 0 fully saturated rings. The molecule has 1 heterocycles. The predicted octanol–water partition coefficient (Wildman–Crippen LogP) is 4.03. The number of rotatable bonds is 8. The Morgan fingerprint density at radius 2 is 1.88 bits per heavy atom. The van der Waals surface area contributed by atoms with Crippen molar-refractivity contribution in [3.8, 4) is 0 Å². The molecule has 1 aromatic heterocycles. The molecule has 138 valence electrons. The van der Waals surface area contributed by atoms with Crippen molar-refractivity contribution in [3.63, 3.8) is 0 Å². The van der Waals surface area contributed by atoms with Crippen LogP contribution in [0, 0.1) is 0 Å². The fourth-order valence-corrected chi connectivity index (χ4v) is 3.13. The van der Waals surface area contributed by atoms with E-state index in [9.17, 15) is 0 Å². The molecular formula is C19H28IN3OS. The summed E-state index contributed by atoms with van der Waals surface area (Å²) in [6.45, 7) is 7.32. The van der Waals surface area contributed by atoms with Crippen molar-refractivity contribution in [2.45, 2.75) is 25.9 Å². The van der Waals surface area contributed by atoms with Gasteiger partial charge in [0.2, 0.25) is 0 Å². The van der Waals surface area contributed by atoms with Gasteiger partial charge in [-0.15, -0.1) is 35.3 Å². The molecule has 0 bridgehead atoms. The predicted molar refractivity (Wildman–Crippen MR) is 118 cm³/mol. The summed E-state index contributed by atoms with van der Waals surface area (Å²) in [7, 11) is 1.79. The molecule has 0 aliphatic carbocycles. The Labute approximate surface area is 172 Å². The first kappa shape index (κ1) is 21.9. The molecule has 2 aromatic rings. The van der Waals surface area contributed by atoms with Crippen molar-refractivity contribution >= 4 is 41.3 Å². The molecule has 0 amide bonds. The van der Waals surface area contributed by atoms with Gasteiger partial charge in [0.1, 0.15) is 0 Å². The molecule has 25 heavy (non-hydrogen) atoms. The zero-order valence-electron chi connectivity index (χ0n) is 15.1. The minimum Gasteiger partial charge on any atom is -0.375 e. The molecular weight excluding hydrogens is 445 g/mol. The van der Waals surface area contributed by atoms with Gasteiger partial charge >= 0.3 is 0 Å². The van der Waals surface area contributed by atoms with Crippen LogP contribution >= 0.6 is 35.3 Å². The number of halogens is 1. The summed E-state index contributed by atoms with van der Waals surface area (Å²) in [5.41, 5.74) is 1.27. The number of hydrogen-bond acceptors (Lipinski definition) is 3. The largest absolute Gasteiger partial charge is 0.375 e. The van der Waals surface area contributed by atoms with Crippen molar-refractivity contribution in [1.29, 1.82) is 0 Å². The fourth-order valence-electron chi connectivity index (χ4n) is 2.28. The number of nitrogens with one attached hydrogen (secondary N) is 2. The molecule has 0 aliphatic heterocycles. The highest BCUT2D eigenvalue weighted by atomic mass is 127. The van der Waals surface area contributed by atoms with Gasteiger partial charge in [-0.1, -0.05) is 50.2 Å². The van der Waals surface area contributed by atoms with Crippen molar-refractivity contribution in [2.75, 3.05) is 26.7 Å². The summed E-state index contributed by atoms with van der Waals surface area (Å²) in [5.74, 6) is 0.808. The number of guanidine groups is 1. The lowest BCUT2D eigenvalue weighted by atomic mass is 9.91. The maximum atomic E-state index is 5.68. The zero-order valence-corrected chi connectivity index (χ0v) is 18.3. The Morgan fingerprint density at radius 3 is 2.52 bits per heavy atom.